The molecular formula is C14H30N2O. The number of hydrogen-bond donors (Lipinski definition) is 1. The summed E-state index contributed by atoms with van der Waals surface area (Å²) in [6, 6.07) is 0.235. The van der Waals surface area contributed by atoms with Crippen molar-refractivity contribution in [2.45, 2.75) is 78.3 Å². The fourth-order valence-electron chi connectivity index (χ4n) is 2.08. The largest absolute Gasteiger partial charge is 0.339 e. The van der Waals surface area contributed by atoms with Gasteiger partial charge in [-0.2, -0.15) is 0 Å². The van der Waals surface area contributed by atoms with Crippen molar-refractivity contribution >= 4 is 5.91 Å². The zero-order chi connectivity index (χ0) is 13.5. The second-order valence-electron chi connectivity index (χ2n) is 5.47. The van der Waals surface area contributed by atoms with Gasteiger partial charge in [0.2, 0.25) is 5.91 Å². The maximum absolute atomic E-state index is 12.4. The molecule has 0 aromatic rings. The Kier molecular flexibility index (Phi) is 7.44. The van der Waals surface area contributed by atoms with Gasteiger partial charge >= 0.3 is 0 Å². The van der Waals surface area contributed by atoms with Crippen LogP contribution in [0.15, 0.2) is 0 Å². The molecule has 0 saturated heterocycles. The van der Waals surface area contributed by atoms with Gasteiger partial charge in [0.05, 0.1) is 5.54 Å². The summed E-state index contributed by atoms with van der Waals surface area (Å²) in [5.41, 5.74) is 5.42. The van der Waals surface area contributed by atoms with E-state index in [0.29, 0.717) is 0 Å². The zero-order valence-electron chi connectivity index (χ0n) is 12.3. The van der Waals surface area contributed by atoms with Crippen molar-refractivity contribution < 1.29 is 4.79 Å². The Morgan fingerprint density at radius 3 is 2.24 bits per heavy atom. The van der Waals surface area contributed by atoms with E-state index >= 15 is 0 Å². The van der Waals surface area contributed by atoms with E-state index in [9.17, 15) is 4.79 Å². The van der Waals surface area contributed by atoms with Crippen LogP contribution in [0.4, 0.5) is 0 Å². The molecule has 3 heteroatoms. The van der Waals surface area contributed by atoms with Gasteiger partial charge < -0.3 is 10.6 Å². The first kappa shape index (κ1) is 16.4. The lowest BCUT2D eigenvalue weighted by Gasteiger charge is -2.34. The molecule has 0 spiro atoms. The Hall–Kier alpha value is -0.570. The minimum absolute atomic E-state index is 0.102. The van der Waals surface area contributed by atoms with E-state index in [1.807, 2.05) is 11.8 Å². The van der Waals surface area contributed by atoms with E-state index in [4.69, 9.17) is 5.73 Å². The summed E-state index contributed by atoms with van der Waals surface area (Å²) in [7, 11) is 0. The van der Waals surface area contributed by atoms with Crippen LogP contribution in [-0.4, -0.2) is 28.9 Å². The van der Waals surface area contributed by atoms with Crippen molar-refractivity contribution in [3.8, 4) is 0 Å². The normalized spacial score (nSPS) is 14.8. The summed E-state index contributed by atoms with van der Waals surface area (Å²) in [6.07, 6.45) is 5.12. The van der Waals surface area contributed by atoms with Gasteiger partial charge in [0.25, 0.3) is 0 Å². The SMILES string of the molecule is CCCCCN(C(=O)C(C)(N)CCC)C(C)C. The van der Waals surface area contributed by atoms with Crippen molar-refractivity contribution in [3.63, 3.8) is 0 Å². The zero-order valence-corrected chi connectivity index (χ0v) is 12.3. The van der Waals surface area contributed by atoms with Crippen molar-refractivity contribution in [3.05, 3.63) is 0 Å². The van der Waals surface area contributed by atoms with Gasteiger partial charge in [0.15, 0.2) is 0 Å². The molecule has 102 valence electrons. The van der Waals surface area contributed by atoms with Crippen LogP contribution < -0.4 is 5.73 Å². The van der Waals surface area contributed by atoms with Gasteiger partial charge in [-0.25, -0.2) is 0 Å². The molecule has 1 atom stereocenters. The van der Waals surface area contributed by atoms with Gasteiger partial charge in [-0.05, 0) is 33.6 Å². The van der Waals surface area contributed by atoms with Crippen LogP contribution in [0.25, 0.3) is 0 Å². The van der Waals surface area contributed by atoms with E-state index in [-0.39, 0.29) is 11.9 Å². The number of unbranched alkanes of at least 4 members (excludes halogenated alkanes) is 2. The number of amides is 1. The predicted octanol–water partition coefficient (Wildman–Crippen LogP) is 2.93. The Balaban J connectivity index is 4.53. The standard InChI is InChI=1S/C14H30N2O/c1-6-8-9-11-16(12(3)4)13(17)14(5,15)10-7-2/h12H,6-11,15H2,1-5H3. The Bertz CT molecular complexity index is 224. The minimum atomic E-state index is -0.703. The molecule has 0 aromatic heterocycles. The summed E-state index contributed by atoms with van der Waals surface area (Å²) in [5.74, 6) is 0.102. The van der Waals surface area contributed by atoms with Crippen LogP contribution in [0.1, 0.15) is 66.7 Å². The third-order valence-corrected chi connectivity index (χ3v) is 3.14. The monoisotopic (exact) mass is 242 g/mol. The third-order valence-electron chi connectivity index (χ3n) is 3.14. The first-order chi connectivity index (χ1) is 7.86. The van der Waals surface area contributed by atoms with Crippen LogP contribution in [0.2, 0.25) is 0 Å². The lowest BCUT2D eigenvalue weighted by Crippen LogP contribution is -2.55. The van der Waals surface area contributed by atoms with E-state index in [0.717, 1.165) is 25.8 Å². The summed E-state index contributed by atoms with van der Waals surface area (Å²) < 4.78 is 0. The van der Waals surface area contributed by atoms with Gasteiger partial charge in [-0.3, -0.25) is 4.79 Å². The van der Waals surface area contributed by atoms with Crippen molar-refractivity contribution in [1.29, 1.82) is 0 Å². The smallest absolute Gasteiger partial charge is 0.242 e. The lowest BCUT2D eigenvalue weighted by atomic mass is 9.95. The lowest BCUT2D eigenvalue weighted by molar-refractivity contribution is -0.138. The topological polar surface area (TPSA) is 46.3 Å². The fraction of sp³-hybridized carbons (Fsp3) is 0.929. The van der Waals surface area contributed by atoms with Gasteiger partial charge in [0.1, 0.15) is 0 Å². The molecule has 0 radical (unpaired) electrons. The summed E-state index contributed by atoms with van der Waals surface area (Å²) >= 11 is 0. The number of carbonyl (C=O) groups is 1. The molecule has 0 bridgehead atoms. The highest BCUT2D eigenvalue weighted by Gasteiger charge is 2.32. The number of hydrogen-bond acceptors (Lipinski definition) is 2. The van der Waals surface area contributed by atoms with Crippen LogP contribution in [0, 0.1) is 0 Å². The molecule has 3 nitrogen and oxygen atoms in total. The third kappa shape index (κ3) is 5.53. The Morgan fingerprint density at radius 1 is 1.24 bits per heavy atom. The van der Waals surface area contributed by atoms with Crippen LogP contribution in [0.5, 0.6) is 0 Å². The molecule has 0 aliphatic carbocycles. The number of carbonyl (C=O) groups excluding carboxylic acids is 1. The minimum Gasteiger partial charge on any atom is -0.339 e. The molecule has 0 aromatic carbocycles. The molecule has 0 aliphatic heterocycles. The van der Waals surface area contributed by atoms with Crippen molar-refractivity contribution in [2.75, 3.05) is 6.54 Å². The van der Waals surface area contributed by atoms with Crippen molar-refractivity contribution in [1.82, 2.24) is 4.90 Å². The van der Waals surface area contributed by atoms with Gasteiger partial charge in [-0.15, -0.1) is 0 Å². The van der Waals surface area contributed by atoms with Crippen molar-refractivity contribution in [2.24, 2.45) is 5.73 Å². The van der Waals surface area contributed by atoms with Gasteiger partial charge in [-0.1, -0.05) is 33.1 Å². The Labute approximate surface area is 107 Å². The highest BCUT2D eigenvalue weighted by atomic mass is 16.2. The Morgan fingerprint density at radius 2 is 1.82 bits per heavy atom. The summed E-state index contributed by atoms with van der Waals surface area (Å²) in [4.78, 5) is 14.3. The fourth-order valence-corrected chi connectivity index (χ4v) is 2.08. The number of nitrogens with zero attached hydrogens (tertiary/aromatic N) is 1. The van der Waals surface area contributed by atoms with Crippen LogP contribution in [0.3, 0.4) is 0 Å². The molecule has 0 fully saturated rings. The average molecular weight is 242 g/mol. The molecule has 0 heterocycles. The maximum atomic E-state index is 12.4. The second-order valence-corrected chi connectivity index (χ2v) is 5.47. The second kappa shape index (κ2) is 7.70. The molecule has 2 N–H and O–H groups in total. The number of nitrogens with two attached hydrogens (primary N) is 1. The van der Waals surface area contributed by atoms with E-state index in [1.54, 1.807) is 0 Å². The van der Waals surface area contributed by atoms with E-state index < -0.39 is 5.54 Å². The molecule has 0 aliphatic rings. The summed E-state index contributed by atoms with van der Waals surface area (Å²) in [5, 5.41) is 0. The molecule has 0 saturated carbocycles. The van der Waals surface area contributed by atoms with Crippen LogP contribution in [-0.2, 0) is 4.79 Å². The highest BCUT2D eigenvalue weighted by molar-refractivity contribution is 5.85. The molecule has 17 heavy (non-hydrogen) atoms. The molecule has 0 rings (SSSR count). The van der Waals surface area contributed by atoms with Gasteiger partial charge in [0, 0.05) is 12.6 Å². The predicted molar refractivity (Wildman–Crippen MR) is 73.9 cm³/mol. The van der Waals surface area contributed by atoms with Crippen LogP contribution >= 0.6 is 0 Å². The van der Waals surface area contributed by atoms with E-state index in [1.165, 1.54) is 12.8 Å². The maximum Gasteiger partial charge on any atom is 0.242 e. The average Bonchev–Trinajstić information content (AvgIpc) is 2.23. The number of rotatable bonds is 8. The van der Waals surface area contributed by atoms with E-state index in [2.05, 4.69) is 27.7 Å². The summed E-state index contributed by atoms with van der Waals surface area (Å²) in [6.45, 7) is 11.0. The first-order valence-electron chi connectivity index (χ1n) is 6.96. The quantitative estimate of drug-likeness (QED) is 0.665. The molecule has 1 amide bonds. The molecular weight excluding hydrogens is 212 g/mol. The first-order valence-corrected chi connectivity index (χ1v) is 6.96. The highest BCUT2D eigenvalue weighted by Crippen LogP contribution is 2.15. The molecule has 1 unspecified atom stereocenters.